The van der Waals surface area contributed by atoms with Gasteiger partial charge < -0.3 is 29.8 Å². The van der Waals surface area contributed by atoms with E-state index in [4.69, 9.17) is 0 Å². The van der Waals surface area contributed by atoms with E-state index in [9.17, 15) is 0 Å². The molecule has 0 aliphatic rings. The Morgan fingerprint density at radius 3 is 1.38 bits per heavy atom. The van der Waals surface area contributed by atoms with Gasteiger partial charge in [-0.2, -0.15) is 0 Å². The maximum absolute atomic E-state index is 3.17. The molecule has 0 rings (SSSR count). The summed E-state index contributed by atoms with van der Waals surface area (Å²) in [5.41, 5.74) is 0. The van der Waals surface area contributed by atoms with Crippen molar-refractivity contribution in [1.29, 1.82) is 0 Å². The summed E-state index contributed by atoms with van der Waals surface area (Å²) in [6.45, 7) is 4.29. The summed E-state index contributed by atoms with van der Waals surface area (Å²) in [4.78, 5) is 3.17. The maximum atomic E-state index is 3.17. The Labute approximate surface area is 81.6 Å². The second-order valence-electron chi connectivity index (χ2n) is 1.44. The third-order valence-corrected chi connectivity index (χ3v) is 1.73. The Morgan fingerprint density at radius 2 is 1.38 bits per heavy atom. The SMILES string of the molecule is CC(C)N[SiH3].[Cl-].[Cl-].[Ti+2]. The molecular formula is C3H11Cl2NSiTi. The fourth-order valence-electron chi connectivity index (χ4n) is 0. The molecule has 1 nitrogen and oxygen atoms in total. The predicted molar refractivity (Wildman–Crippen MR) is 28.2 cm³/mol. The molecule has 0 aliphatic carbocycles. The first-order valence-electron chi connectivity index (χ1n) is 1.94. The Hall–Kier alpha value is 1.47. The van der Waals surface area contributed by atoms with Crippen LogP contribution in [0.1, 0.15) is 13.8 Å². The molecule has 0 spiro atoms. The molecule has 0 saturated heterocycles. The molecule has 5 heteroatoms. The van der Waals surface area contributed by atoms with Crippen LogP contribution in [0.3, 0.4) is 0 Å². The van der Waals surface area contributed by atoms with Gasteiger partial charge in [0.05, 0.1) is 10.4 Å². The van der Waals surface area contributed by atoms with Crippen molar-refractivity contribution >= 4 is 10.4 Å². The Bertz CT molecular complexity index is 31.2. The zero-order valence-corrected chi connectivity index (χ0v) is 10.4. The van der Waals surface area contributed by atoms with Gasteiger partial charge in [0.15, 0.2) is 0 Å². The van der Waals surface area contributed by atoms with Crippen molar-refractivity contribution in [3.63, 3.8) is 0 Å². The molecule has 0 aromatic rings. The minimum absolute atomic E-state index is 0. The molecule has 0 aliphatic heterocycles. The summed E-state index contributed by atoms with van der Waals surface area (Å²) in [7, 11) is 1.12. The topological polar surface area (TPSA) is 12.0 Å². The van der Waals surface area contributed by atoms with Gasteiger partial charge in [0.2, 0.25) is 0 Å². The van der Waals surface area contributed by atoms with Gasteiger partial charge in [-0.1, -0.05) is 13.8 Å². The normalized spacial score (nSPS) is 6.38. The van der Waals surface area contributed by atoms with Crippen LogP contribution in [0, 0.1) is 0 Å². The van der Waals surface area contributed by atoms with Gasteiger partial charge in [0.1, 0.15) is 0 Å². The summed E-state index contributed by atoms with van der Waals surface area (Å²) in [6.07, 6.45) is 0. The molecule has 0 fully saturated rings. The molecule has 8 heavy (non-hydrogen) atoms. The van der Waals surface area contributed by atoms with Crippen LogP contribution in [0.2, 0.25) is 0 Å². The minimum Gasteiger partial charge on any atom is -1.00 e. The van der Waals surface area contributed by atoms with Crippen molar-refractivity contribution in [2.75, 3.05) is 0 Å². The van der Waals surface area contributed by atoms with Crippen molar-refractivity contribution in [1.82, 2.24) is 4.98 Å². The summed E-state index contributed by atoms with van der Waals surface area (Å²) in [5.74, 6) is 0. The smallest absolute Gasteiger partial charge is 1.00 e. The first-order valence-corrected chi connectivity index (χ1v) is 2.94. The van der Waals surface area contributed by atoms with Crippen LogP contribution in [-0.4, -0.2) is 16.4 Å². The van der Waals surface area contributed by atoms with E-state index in [0.717, 1.165) is 10.4 Å². The summed E-state index contributed by atoms with van der Waals surface area (Å²) in [6, 6.07) is 0.696. The van der Waals surface area contributed by atoms with Gasteiger partial charge in [0, 0.05) is 0 Å². The number of hydrogen-bond acceptors (Lipinski definition) is 1. The third-order valence-electron chi connectivity index (χ3n) is 0.577. The summed E-state index contributed by atoms with van der Waals surface area (Å²) < 4.78 is 0. The van der Waals surface area contributed by atoms with Crippen molar-refractivity contribution < 1.29 is 46.5 Å². The first kappa shape index (κ1) is 22.7. The predicted octanol–water partition coefficient (Wildman–Crippen LogP) is -6.73. The van der Waals surface area contributed by atoms with Crippen LogP contribution in [-0.2, 0) is 21.7 Å². The van der Waals surface area contributed by atoms with Crippen LogP contribution in [0.5, 0.6) is 0 Å². The standard InChI is InChI=1S/C3H11NSi.2ClH.Ti/c1-3(2)4-5;;;/h3-4H,1-2,5H3;2*1H;/q;;;+2/p-2. The van der Waals surface area contributed by atoms with Crippen molar-refractivity contribution in [2.24, 2.45) is 0 Å². The molecule has 0 unspecified atom stereocenters. The van der Waals surface area contributed by atoms with Crippen LogP contribution >= 0.6 is 0 Å². The fourth-order valence-corrected chi connectivity index (χ4v) is 0. The summed E-state index contributed by atoms with van der Waals surface area (Å²) in [5, 5.41) is 0. The van der Waals surface area contributed by atoms with E-state index in [-0.39, 0.29) is 46.5 Å². The molecule has 0 atom stereocenters. The van der Waals surface area contributed by atoms with Gasteiger partial charge in [-0.3, -0.25) is 0 Å². The van der Waals surface area contributed by atoms with Crippen molar-refractivity contribution in [3.05, 3.63) is 0 Å². The molecule has 0 aromatic heterocycles. The molecule has 0 saturated carbocycles. The largest absolute Gasteiger partial charge is 2.00 e. The van der Waals surface area contributed by atoms with E-state index in [0.29, 0.717) is 6.04 Å². The van der Waals surface area contributed by atoms with Crippen LogP contribution in [0.15, 0.2) is 0 Å². The number of halogens is 2. The Balaban J connectivity index is -0.0000000267. The van der Waals surface area contributed by atoms with Crippen molar-refractivity contribution in [3.8, 4) is 0 Å². The van der Waals surface area contributed by atoms with Crippen molar-refractivity contribution in [2.45, 2.75) is 19.9 Å². The Kier molecular flexibility index (Phi) is 44.8. The van der Waals surface area contributed by atoms with E-state index in [1.807, 2.05) is 0 Å². The zero-order valence-electron chi connectivity index (χ0n) is 5.33. The number of nitrogens with one attached hydrogen (secondary N) is 1. The van der Waals surface area contributed by atoms with Crippen LogP contribution < -0.4 is 29.8 Å². The van der Waals surface area contributed by atoms with E-state index in [1.54, 1.807) is 0 Å². The van der Waals surface area contributed by atoms with E-state index < -0.39 is 0 Å². The molecule has 0 amide bonds. The number of hydrogen-bond donors (Lipinski definition) is 1. The quantitative estimate of drug-likeness (QED) is 0.422. The fraction of sp³-hybridized carbons (Fsp3) is 1.00. The third kappa shape index (κ3) is 26.0. The molecule has 1 N–H and O–H groups in total. The van der Waals surface area contributed by atoms with Gasteiger partial charge in [0.25, 0.3) is 0 Å². The second kappa shape index (κ2) is 15.8. The van der Waals surface area contributed by atoms with Gasteiger partial charge in [-0.05, 0) is 6.04 Å². The molecule has 50 valence electrons. The number of rotatable bonds is 1. The maximum Gasteiger partial charge on any atom is 2.00 e. The zero-order chi connectivity index (χ0) is 4.28. The van der Waals surface area contributed by atoms with E-state index in [1.165, 1.54) is 0 Å². The molecule has 0 heterocycles. The molecule has 0 bridgehead atoms. The monoisotopic (exact) mass is 207 g/mol. The molecule has 0 radical (unpaired) electrons. The first-order chi connectivity index (χ1) is 2.27. The minimum atomic E-state index is 0. The van der Waals surface area contributed by atoms with Crippen LogP contribution in [0.4, 0.5) is 0 Å². The van der Waals surface area contributed by atoms with Gasteiger partial charge in [-0.25, -0.2) is 0 Å². The van der Waals surface area contributed by atoms with Gasteiger partial charge in [-0.15, -0.1) is 0 Å². The van der Waals surface area contributed by atoms with E-state index in [2.05, 4.69) is 18.8 Å². The average molecular weight is 208 g/mol. The molecule has 0 aromatic carbocycles. The van der Waals surface area contributed by atoms with E-state index >= 15 is 0 Å². The average Bonchev–Trinajstić information content (AvgIpc) is 1.38. The second-order valence-corrected chi connectivity index (χ2v) is 2.02. The van der Waals surface area contributed by atoms with Crippen LogP contribution in [0.25, 0.3) is 0 Å². The summed E-state index contributed by atoms with van der Waals surface area (Å²) >= 11 is 0. The van der Waals surface area contributed by atoms with Gasteiger partial charge >= 0.3 is 21.7 Å². The molecular weight excluding hydrogens is 197 g/mol. The Morgan fingerprint density at radius 1 is 1.25 bits per heavy atom.